The minimum absolute atomic E-state index is 0.0569. The van der Waals surface area contributed by atoms with Crippen molar-refractivity contribution in [2.24, 2.45) is 0 Å². The quantitative estimate of drug-likeness (QED) is 0.673. The molecule has 116 valence electrons. The number of rotatable bonds is 4. The van der Waals surface area contributed by atoms with Crippen LogP contribution >= 0.6 is 11.6 Å². The van der Waals surface area contributed by atoms with Crippen molar-refractivity contribution in [1.29, 1.82) is 0 Å². The summed E-state index contributed by atoms with van der Waals surface area (Å²) in [6, 6.07) is 17.0. The van der Waals surface area contributed by atoms with Crippen molar-refractivity contribution in [3.05, 3.63) is 64.7 Å². The van der Waals surface area contributed by atoms with Gasteiger partial charge in [0.15, 0.2) is 0 Å². The van der Waals surface area contributed by atoms with Gasteiger partial charge in [-0.25, -0.2) is 0 Å². The van der Waals surface area contributed by atoms with Crippen LogP contribution in [-0.4, -0.2) is 6.61 Å². The normalized spacial score (nSPS) is 17.2. The average Bonchev–Trinajstić information content (AvgIpc) is 2.57. The molecule has 0 spiro atoms. The molecule has 0 aliphatic heterocycles. The molecule has 1 aliphatic carbocycles. The van der Waals surface area contributed by atoms with E-state index in [4.69, 9.17) is 16.3 Å². The molecule has 0 heterocycles. The molecule has 1 nitrogen and oxygen atoms in total. The zero-order valence-electron chi connectivity index (χ0n) is 13.1. The zero-order valence-corrected chi connectivity index (χ0v) is 13.9. The molecule has 0 unspecified atom stereocenters. The first-order chi connectivity index (χ1) is 10.8. The number of benzene rings is 2. The Hall–Kier alpha value is -1.47. The molecule has 2 aromatic carbocycles. The fourth-order valence-corrected chi connectivity index (χ4v) is 4.07. The van der Waals surface area contributed by atoms with Crippen molar-refractivity contribution in [3.8, 4) is 5.75 Å². The highest BCUT2D eigenvalue weighted by molar-refractivity contribution is 6.31. The second-order valence-corrected chi connectivity index (χ2v) is 6.49. The molecule has 2 aromatic rings. The Balaban J connectivity index is 2.04. The lowest BCUT2D eigenvalue weighted by Crippen LogP contribution is -2.30. The smallest absolute Gasteiger partial charge is 0.119 e. The molecule has 22 heavy (non-hydrogen) atoms. The van der Waals surface area contributed by atoms with Gasteiger partial charge in [0.2, 0.25) is 0 Å². The fourth-order valence-electron chi connectivity index (χ4n) is 3.76. The minimum Gasteiger partial charge on any atom is -0.494 e. The number of halogens is 1. The van der Waals surface area contributed by atoms with Crippen LogP contribution in [0.25, 0.3) is 0 Å². The van der Waals surface area contributed by atoms with Crippen LogP contribution in [0.15, 0.2) is 48.5 Å². The van der Waals surface area contributed by atoms with E-state index in [1.165, 1.54) is 43.2 Å². The van der Waals surface area contributed by atoms with Crippen LogP contribution < -0.4 is 4.74 Å². The third-order valence-corrected chi connectivity index (χ3v) is 5.14. The monoisotopic (exact) mass is 314 g/mol. The zero-order chi connectivity index (χ0) is 15.4. The molecular weight excluding hydrogens is 292 g/mol. The van der Waals surface area contributed by atoms with Crippen LogP contribution in [0.1, 0.15) is 50.2 Å². The summed E-state index contributed by atoms with van der Waals surface area (Å²) in [4.78, 5) is 0. The van der Waals surface area contributed by atoms with E-state index in [1.54, 1.807) is 0 Å². The van der Waals surface area contributed by atoms with E-state index in [1.807, 2.05) is 19.1 Å². The first kappa shape index (κ1) is 15.4. The van der Waals surface area contributed by atoms with Crippen LogP contribution in [0, 0.1) is 0 Å². The number of hydrogen-bond acceptors (Lipinski definition) is 1. The Bertz CT molecular complexity index is 612. The van der Waals surface area contributed by atoms with E-state index in [9.17, 15) is 0 Å². The van der Waals surface area contributed by atoms with E-state index in [-0.39, 0.29) is 5.41 Å². The van der Waals surface area contributed by atoms with Crippen LogP contribution in [0.4, 0.5) is 0 Å². The summed E-state index contributed by atoms with van der Waals surface area (Å²) < 4.78 is 5.58. The summed E-state index contributed by atoms with van der Waals surface area (Å²) in [5.41, 5.74) is 2.70. The van der Waals surface area contributed by atoms with E-state index in [0.717, 1.165) is 10.8 Å². The van der Waals surface area contributed by atoms with E-state index in [2.05, 4.69) is 36.4 Å². The molecule has 0 radical (unpaired) electrons. The number of hydrogen-bond donors (Lipinski definition) is 0. The van der Waals surface area contributed by atoms with Gasteiger partial charge >= 0.3 is 0 Å². The van der Waals surface area contributed by atoms with Gasteiger partial charge in [0.05, 0.1) is 6.61 Å². The largest absolute Gasteiger partial charge is 0.494 e. The van der Waals surface area contributed by atoms with Crippen molar-refractivity contribution in [2.45, 2.75) is 44.4 Å². The fraction of sp³-hybridized carbons (Fsp3) is 0.400. The van der Waals surface area contributed by atoms with Crippen LogP contribution in [0.2, 0.25) is 5.02 Å². The second kappa shape index (κ2) is 6.75. The highest BCUT2D eigenvalue weighted by atomic mass is 35.5. The molecule has 1 fully saturated rings. The highest BCUT2D eigenvalue weighted by Crippen LogP contribution is 2.47. The molecular formula is C20H23ClO. The minimum atomic E-state index is 0.0569. The molecule has 3 rings (SSSR count). The molecule has 0 aromatic heterocycles. The summed E-state index contributed by atoms with van der Waals surface area (Å²) in [6.07, 6.45) is 6.19. The summed E-state index contributed by atoms with van der Waals surface area (Å²) in [7, 11) is 0. The Kier molecular flexibility index (Phi) is 4.73. The van der Waals surface area contributed by atoms with Crippen molar-refractivity contribution in [2.75, 3.05) is 6.61 Å². The van der Waals surface area contributed by atoms with Gasteiger partial charge in [-0.05, 0) is 49.1 Å². The summed E-state index contributed by atoms with van der Waals surface area (Å²) in [6.45, 7) is 2.72. The second-order valence-electron chi connectivity index (χ2n) is 6.08. The molecule has 0 amide bonds. The summed E-state index contributed by atoms with van der Waals surface area (Å²) >= 11 is 6.55. The maximum absolute atomic E-state index is 6.55. The Morgan fingerprint density at radius 1 is 0.955 bits per heavy atom. The SMILES string of the molecule is CCOc1ccc(C2(c3ccccc3Cl)CCCCC2)cc1. The van der Waals surface area contributed by atoms with Crippen LogP contribution in [-0.2, 0) is 5.41 Å². The lowest BCUT2D eigenvalue weighted by molar-refractivity contribution is 0.335. The summed E-state index contributed by atoms with van der Waals surface area (Å²) in [5.74, 6) is 0.941. The number of ether oxygens (including phenoxy) is 1. The van der Waals surface area contributed by atoms with Gasteiger partial charge < -0.3 is 4.74 Å². The lowest BCUT2D eigenvalue weighted by atomic mass is 9.65. The van der Waals surface area contributed by atoms with E-state index < -0.39 is 0 Å². The van der Waals surface area contributed by atoms with Gasteiger partial charge in [-0.2, -0.15) is 0 Å². The van der Waals surface area contributed by atoms with Gasteiger partial charge in [-0.15, -0.1) is 0 Å². The molecule has 1 saturated carbocycles. The van der Waals surface area contributed by atoms with Gasteiger partial charge in [0.25, 0.3) is 0 Å². The van der Waals surface area contributed by atoms with Crippen molar-refractivity contribution >= 4 is 11.6 Å². The predicted octanol–water partition coefficient (Wildman–Crippen LogP) is 5.99. The summed E-state index contributed by atoms with van der Waals surface area (Å²) in [5, 5.41) is 0.887. The van der Waals surface area contributed by atoms with Gasteiger partial charge in [0, 0.05) is 10.4 Å². The first-order valence-electron chi connectivity index (χ1n) is 8.24. The third-order valence-electron chi connectivity index (χ3n) is 4.81. The van der Waals surface area contributed by atoms with E-state index in [0.29, 0.717) is 6.61 Å². The third kappa shape index (κ3) is 2.87. The molecule has 0 saturated heterocycles. The molecule has 2 heteroatoms. The van der Waals surface area contributed by atoms with Crippen LogP contribution in [0.3, 0.4) is 0 Å². The average molecular weight is 315 g/mol. The topological polar surface area (TPSA) is 9.23 Å². The maximum Gasteiger partial charge on any atom is 0.119 e. The van der Waals surface area contributed by atoms with Crippen molar-refractivity contribution < 1.29 is 4.74 Å². The van der Waals surface area contributed by atoms with Gasteiger partial charge in [-0.1, -0.05) is 61.2 Å². The molecule has 0 N–H and O–H groups in total. The molecule has 0 bridgehead atoms. The van der Waals surface area contributed by atoms with E-state index >= 15 is 0 Å². The Morgan fingerprint density at radius 2 is 1.64 bits per heavy atom. The highest BCUT2D eigenvalue weighted by Gasteiger charge is 2.36. The Morgan fingerprint density at radius 3 is 2.27 bits per heavy atom. The maximum atomic E-state index is 6.55. The van der Waals surface area contributed by atoms with Crippen molar-refractivity contribution in [3.63, 3.8) is 0 Å². The van der Waals surface area contributed by atoms with Crippen LogP contribution in [0.5, 0.6) is 5.75 Å². The van der Waals surface area contributed by atoms with Crippen molar-refractivity contribution in [1.82, 2.24) is 0 Å². The lowest BCUT2D eigenvalue weighted by Gasteiger charge is -2.39. The first-order valence-corrected chi connectivity index (χ1v) is 8.62. The standard InChI is InChI=1S/C20H23ClO/c1-2-22-17-12-10-16(11-13-17)20(14-6-3-7-15-20)18-8-4-5-9-19(18)21/h4-5,8-13H,2-3,6-7,14-15H2,1H3. The molecule has 0 atom stereocenters. The molecule has 1 aliphatic rings. The van der Waals surface area contributed by atoms with Gasteiger partial charge in [-0.3, -0.25) is 0 Å². The predicted molar refractivity (Wildman–Crippen MR) is 92.9 cm³/mol. The van der Waals surface area contributed by atoms with Gasteiger partial charge in [0.1, 0.15) is 5.75 Å². The Labute approximate surface area is 138 Å².